The topological polar surface area (TPSA) is 67.6 Å². The minimum absolute atomic E-state index is 0.0986. The monoisotopic (exact) mass is 243 g/mol. The molecular formula is C12H25N3O2. The summed E-state index contributed by atoms with van der Waals surface area (Å²) in [4.78, 5) is 13.9. The Morgan fingerprint density at radius 3 is 2.82 bits per heavy atom. The van der Waals surface area contributed by atoms with Gasteiger partial charge < -0.3 is 15.8 Å². The second-order valence-corrected chi connectivity index (χ2v) is 4.54. The van der Waals surface area contributed by atoms with Crippen LogP contribution < -0.4 is 11.1 Å². The summed E-state index contributed by atoms with van der Waals surface area (Å²) in [6.45, 7) is 3.29. The standard InChI is InChI=1S/C12H25N3O2/c1-17-9-3-7-14-12(16)10-15(8-6-13)11-4-2-5-11/h11H,2-10,13H2,1H3,(H,14,16). The third-order valence-electron chi connectivity index (χ3n) is 3.20. The van der Waals surface area contributed by atoms with Crippen LogP contribution in [0.4, 0.5) is 0 Å². The van der Waals surface area contributed by atoms with Gasteiger partial charge in [-0.1, -0.05) is 6.42 Å². The molecule has 0 aromatic heterocycles. The molecule has 0 aliphatic heterocycles. The van der Waals surface area contributed by atoms with Crippen LogP contribution in [0.25, 0.3) is 0 Å². The molecule has 1 amide bonds. The van der Waals surface area contributed by atoms with Gasteiger partial charge in [-0.15, -0.1) is 0 Å². The van der Waals surface area contributed by atoms with Crippen LogP contribution in [-0.2, 0) is 9.53 Å². The van der Waals surface area contributed by atoms with E-state index >= 15 is 0 Å². The first-order valence-electron chi connectivity index (χ1n) is 6.47. The largest absolute Gasteiger partial charge is 0.385 e. The number of ether oxygens (including phenoxy) is 1. The zero-order valence-electron chi connectivity index (χ0n) is 10.8. The summed E-state index contributed by atoms with van der Waals surface area (Å²) >= 11 is 0. The van der Waals surface area contributed by atoms with E-state index in [-0.39, 0.29) is 5.91 Å². The van der Waals surface area contributed by atoms with Crippen molar-refractivity contribution >= 4 is 5.91 Å². The van der Waals surface area contributed by atoms with E-state index in [2.05, 4.69) is 10.2 Å². The number of amides is 1. The molecule has 0 atom stereocenters. The lowest BCUT2D eigenvalue weighted by Gasteiger charge is -2.36. The zero-order valence-corrected chi connectivity index (χ0v) is 10.8. The van der Waals surface area contributed by atoms with Crippen molar-refractivity contribution in [3.05, 3.63) is 0 Å². The van der Waals surface area contributed by atoms with Gasteiger partial charge in [-0.25, -0.2) is 0 Å². The highest BCUT2D eigenvalue weighted by Gasteiger charge is 2.25. The summed E-state index contributed by atoms with van der Waals surface area (Å²) in [6.07, 6.45) is 4.55. The van der Waals surface area contributed by atoms with E-state index in [1.165, 1.54) is 19.3 Å². The van der Waals surface area contributed by atoms with Gasteiger partial charge in [0, 0.05) is 39.4 Å². The molecular weight excluding hydrogens is 218 g/mol. The van der Waals surface area contributed by atoms with Crippen LogP contribution in [0, 0.1) is 0 Å². The van der Waals surface area contributed by atoms with E-state index in [9.17, 15) is 4.79 Å². The summed E-state index contributed by atoms with van der Waals surface area (Å²) in [5.74, 6) is 0.0986. The second kappa shape index (κ2) is 8.44. The van der Waals surface area contributed by atoms with Crippen molar-refractivity contribution in [2.45, 2.75) is 31.7 Å². The van der Waals surface area contributed by atoms with E-state index in [0.717, 1.165) is 13.0 Å². The first kappa shape index (κ1) is 14.4. The highest BCUT2D eigenvalue weighted by Crippen LogP contribution is 2.23. The van der Waals surface area contributed by atoms with E-state index in [4.69, 9.17) is 10.5 Å². The maximum Gasteiger partial charge on any atom is 0.234 e. The number of hydrogen-bond donors (Lipinski definition) is 2. The van der Waals surface area contributed by atoms with Crippen molar-refractivity contribution in [1.82, 2.24) is 10.2 Å². The van der Waals surface area contributed by atoms with Crippen molar-refractivity contribution < 1.29 is 9.53 Å². The molecule has 0 spiro atoms. The molecule has 1 saturated carbocycles. The van der Waals surface area contributed by atoms with E-state index in [0.29, 0.717) is 32.3 Å². The Kier molecular flexibility index (Phi) is 7.16. The number of rotatable bonds is 9. The van der Waals surface area contributed by atoms with Crippen LogP contribution in [0.1, 0.15) is 25.7 Å². The maximum absolute atomic E-state index is 11.7. The molecule has 100 valence electrons. The normalized spacial score (nSPS) is 15.9. The highest BCUT2D eigenvalue weighted by atomic mass is 16.5. The van der Waals surface area contributed by atoms with Crippen molar-refractivity contribution in [3.8, 4) is 0 Å². The van der Waals surface area contributed by atoms with Gasteiger partial charge in [0.05, 0.1) is 6.54 Å². The fraction of sp³-hybridized carbons (Fsp3) is 0.917. The fourth-order valence-corrected chi connectivity index (χ4v) is 1.99. The number of methoxy groups -OCH3 is 1. The number of nitrogens with zero attached hydrogens (tertiary/aromatic N) is 1. The van der Waals surface area contributed by atoms with Crippen LogP contribution in [0.5, 0.6) is 0 Å². The predicted molar refractivity (Wildman–Crippen MR) is 67.8 cm³/mol. The molecule has 3 N–H and O–H groups in total. The molecule has 1 rings (SSSR count). The lowest BCUT2D eigenvalue weighted by Crippen LogP contribution is -2.47. The molecule has 1 aliphatic rings. The van der Waals surface area contributed by atoms with Gasteiger partial charge in [0.2, 0.25) is 5.91 Å². The first-order valence-corrected chi connectivity index (χ1v) is 6.47. The minimum atomic E-state index is 0.0986. The zero-order chi connectivity index (χ0) is 12.5. The molecule has 1 fully saturated rings. The van der Waals surface area contributed by atoms with Gasteiger partial charge in [0.1, 0.15) is 0 Å². The Labute approximate surface area is 104 Å². The summed E-state index contributed by atoms with van der Waals surface area (Å²) < 4.78 is 4.93. The second-order valence-electron chi connectivity index (χ2n) is 4.54. The summed E-state index contributed by atoms with van der Waals surface area (Å²) in [7, 11) is 1.67. The minimum Gasteiger partial charge on any atom is -0.385 e. The molecule has 0 saturated heterocycles. The SMILES string of the molecule is COCCCNC(=O)CN(CCN)C1CCC1. The van der Waals surface area contributed by atoms with Gasteiger partial charge in [0.15, 0.2) is 0 Å². The number of carbonyl (C=O) groups excluding carboxylic acids is 1. The average Bonchev–Trinajstić information content (AvgIpc) is 2.22. The molecule has 5 nitrogen and oxygen atoms in total. The smallest absolute Gasteiger partial charge is 0.234 e. The lowest BCUT2D eigenvalue weighted by atomic mass is 9.91. The lowest BCUT2D eigenvalue weighted by molar-refractivity contribution is -0.123. The van der Waals surface area contributed by atoms with Gasteiger partial charge in [0.25, 0.3) is 0 Å². The van der Waals surface area contributed by atoms with Gasteiger partial charge in [-0.2, -0.15) is 0 Å². The third kappa shape index (κ3) is 5.48. The summed E-state index contributed by atoms with van der Waals surface area (Å²) in [6, 6.07) is 0.572. The van der Waals surface area contributed by atoms with Crippen LogP contribution in [0.3, 0.4) is 0 Å². The quantitative estimate of drug-likeness (QED) is 0.557. The number of carbonyl (C=O) groups is 1. The maximum atomic E-state index is 11.7. The van der Waals surface area contributed by atoms with Gasteiger partial charge >= 0.3 is 0 Å². The molecule has 17 heavy (non-hydrogen) atoms. The van der Waals surface area contributed by atoms with Crippen LogP contribution in [0.15, 0.2) is 0 Å². The third-order valence-corrected chi connectivity index (χ3v) is 3.20. The van der Waals surface area contributed by atoms with Gasteiger partial charge in [-0.05, 0) is 19.3 Å². The average molecular weight is 243 g/mol. The van der Waals surface area contributed by atoms with Crippen LogP contribution in [0.2, 0.25) is 0 Å². The molecule has 1 aliphatic carbocycles. The van der Waals surface area contributed by atoms with Crippen LogP contribution in [-0.4, -0.2) is 56.7 Å². The molecule has 0 bridgehead atoms. The Balaban J connectivity index is 2.16. The Morgan fingerprint density at radius 1 is 1.53 bits per heavy atom. The molecule has 5 heteroatoms. The molecule has 0 aromatic rings. The Bertz CT molecular complexity index is 220. The molecule has 0 heterocycles. The van der Waals surface area contributed by atoms with Crippen molar-refractivity contribution in [2.24, 2.45) is 5.73 Å². The Hall–Kier alpha value is -0.650. The van der Waals surface area contributed by atoms with Crippen molar-refractivity contribution in [1.29, 1.82) is 0 Å². The molecule has 0 aromatic carbocycles. The number of hydrogen-bond acceptors (Lipinski definition) is 4. The number of nitrogens with one attached hydrogen (secondary N) is 1. The van der Waals surface area contributed by atoms with E-state index < -0.39 is 0 Å². The predicted octanol–water partition coefficient (Wildman–Crippen LogP) is -0.0477. The van der Waals surface area contributed by atoms with Crippen molar-refractivity contribution in [3.63, 3.8) is 0 Å². The van der Waals surface area contributed by atoms with Gasteiger partial charge in [-0.3, -0.25) is 9.69 Å². The van der Waals surface area contributed by atoms with E-state index in [1.807, 2.05) is 0 Å². The first-order chi connectivity index (χ1) is 8.27. The molecule has 0 unspecified atom stereocenters. The number of nitrogens with two attached hydrogens (primary N) is 1. The summed E-state index contributed by atoms with van der Waals surface area (Å²) in [5.41, 5.74) is 5.57. The highest BCUT2D eigenvalue weighted by molar-refractivity contribution is 5.78. The van der Waals surface area contributed by atoms with Crippen LogP contribution >= 0.6 is 0 Å². The van der Waals surface area contributed by atoms with E-state index in [1.54, 1.807) is 7.11 Å². The molecule has 0 radical (unpaired) electrons. The Morgan fingerprint density at radius 2 is 2.29 bits per heavy atom. The fourth-order valence-electron chi connectivity index (χ4n) is 1.99. The summed E-state index contributed by atoms with van der Waals surface area (Å²) in [5, 5.41) is 2.91. The van der Waals surface area contributed by atoms with Crippen molar-refractivity contribution in [2.75, 3.05) is 39.9 Å².